The van der Waals surface area contributed by atoms with Crippen LogP contribution < -0.4 is 9.46 Å². The van der Waals surface area contributed by atoms with Crippen molar-refractivity contribution in [3.8, 4) is 16.3 Å². The van der Waals surface area contributed by atoms with Crippen molar-refractivity contribution in [2.24, 2.45) is 5.92 Å². The van der Waals surface area contributed by atoms with Crippen molar-refractivity contribution in [1.82, 2.24) is 4.98 Å². The maximum atomic E-state index is 14.2. The van der Waals surface area contributed by atoms with E-state index in [1.165, 1.54) is 12.5 Å². The van der Waals surface area contributed by atoms with Crippen LogP contribution >= 0.6 is 11.3 Å². The summed E-state index contributed by atoms with van der Waals surface area (Å²) in [7, 11) is -3.14. The Hall–Kier alpha value is -3.23. The summed E-state index contributed by atoms with van der Waals surface area (Å²) in [5.74, 6) is -4.29. The number of nitrogens with zero attached hydrogens (tertiary/aromatic N) is 1. The normalized spacial score (nSPS) is 20.0. The number of methoxy groups -OCH3 is 1. The van der Waals surface area contributed by atoms with Gasteiger partial charge in [0.2, 0.25) is 0 Å². The molecule has 0 spiro atoms. The lowest BCUT2D eigenvalue weighted by molar-refractivity contribution is -0.185. The third kappa shape index (κ3) is 5.87. The maximum absolute atomic E-state index is 14.2. The van der Waals surface area contributed by atoms with Crippen LogP contribution in [-0.4, -0.2) is 49.5 Å². The number of aromatic nitrogens is 1. The SMILES string of the molecule is COc1cc(C(=O)O)c(F)cc1NS(=O)(=O)c1csc(-c2ccc([C@]3(CO)CC[C@@H](C(F)(F)F)CC3)cc2)n1. The Balaban J connectivity index is 1.53. The van der Waals surface area contributed by atoms with Gasteiger partial charge in [-0.1, -0.05) is 24.3 Å². The van der Waals surface area contributed by atoms with Gasteiger partial charge in [-0.15, -0.1) is 11.3 Å². The number of ether oxygens (including phenoxy) is 1. The number of rotatable bonds is 8. The van der Waals surface area contributed by atoms with E-state index in [0.717, 1.165) is 17.4 Å². The van der Waals surface area contributed by atoms with Gasteiger partial charge in [0, 0.05) is 22.4 Å². The number of carbonyl (C=O) groups is 1. The Bertz CT molecular complexity index is 1460. The summed E-state index contributed by atoms with van der Waals surface area (Å²) >= 11 is 1.02. The number of aliphatic hydroxyl groups is 1. The smallest absolute Gasteiger partial charge is 0.391 e. The number of halogens is 4. The van der Waals surface area contributed by atoms with Crippen molar-refractivity contribution in [1.29, 1.82) is 0 Å². The molecule has 0 radical (unpaired) electrons. The lowest BCUT2D eigenvalue weighted by Gasteiger charge is -2.40. The van der Waals surface area contributed by atoms with Gasteiger partial charge in [0.1, 0.15) is 16.6 Å². The molecule has 0 unspecified atom stereocenters. The minimum Gasteiger partial charge on any atom is -0.495 e. The van der Waals surface area contributed by atoms with E-state index in [1.54, 1.807) is 24.3 Å². The molecule has 3 N–H and O–H groups in total. The van der Waals surface area contributed by atoms with Crippen molar-refractivity contribution < 1.29 is 45.7 Å². The maximum Gasteiger partial charge on any atom is 0.391 e. The highest BCUT2D eigenvalue weighted by atomic mass is 32.2. The topological polar surface area (TPSA) is 126 Å². The van der Waals surface area contributed by atoms with E-state index >= 15 is 0 Å². The number of hydrogen-bond acceptors (Lipinski definition) is 7. The van der Waals surface area contributed by atoms with E-state index in [4.69, 9.17) is 9.84 Å². The van der Waals surface area contributed by atoms with Gasteiger partial charge in [-0.2, -0.15) is 21.6 Å². The van der Waals surface area contributed by atoms with Crippen molar-refractivity contribution in [3.05, 3.63) is 58.7 Å². The third-order valence-corrected chi connectivity index (χ3v) is 9.26. The molecule has 2 aromatic carbocycles. The molecule has 3 aromatic rings. The summed E-state index contributed by atoms with van der Waals surface area (Å²) in [5.41, 5.74) is -0.540. The number of aromatic carboxylic acids is 1. The fourth-order valence-corrected chi connectivity index (χ4v) is 6.84. The molecule has 1 aliphatic rings. The Kier molecular flexibility index (Phi) is 7.92. The average molecular weight is 589 g/mol. The van der Waals surface area contributed by atoms with E-state index in [9.17, 15) is 35.9 Å². The van der Waals surface area contributed by atoms with Crippen LogP contribution in [0.5, 0.6) is 5.75 Å². The van der Waals surface area contributed by atoms with E-state index in [-0.39, 0.29) is 48.8 Å². The van der Waals surface area contributed by atoms with Gasteiger partial charge >= 0.3 is 12.1 Å². The molecule has 0 bridgehead atoms. The fraction of sp³-hybridized carbons (Fsp3) is 0.360. The second-order valence-corrected chi connectivity index (χ2v) is 11.8. The molecular weight excluding hydrogens is 564 g/mol. The number of hydrogen-bond donors (Lipinski definition) is 3. The number of carboxylic acids is 1. The van der Waals surface area contributed by atoms with Crippen LogP contribution in [0.2, 0.25) is 0 Å². The van der Waals surface area contributed by atoms with Crippen LogP contribution in [0.3, 0.4) is 0 Å². The zero-order valence-electron chi connectivity index (χ0n) is 20.5. The molecule has 1 fully saturated rings. The summed E-state index contributed by atoms with van der Waals surface area (Å²) < 4.78 is 86.4. The minimum atomic E-state index is -4.31. The average Bonchev–Trinajstić information content (AvgIpc) is 3.40. The molecule has 0 saturated heterocycles. The molecule has 1 saturated carbocycles. The van der Waals surface area contributed by atoms with Gasteiger partial charge < -0.3 is 14.9 Å². The van der Waals surface area contributed by atoms with Crippen LogP contribution in [0, 0.1) is 11.7 Å². The van der Waals surface area contributed by atoms with Crippen molar-refractivity contribution >= 4 is 33.0 Å². The molecule has 8 nitrogen and oxygen atoms in total. The predicted molar refractivity (Wildman–Crippen MR) is 135 cm³/mol. The van der Waals surface area contributed by atoms with Crippen LogP contribution in [0.1, 0.15) is 41.6 Å². The second kappa shape index (κ2) is 10.7. The van der Waals surface area contributed by atoms with Crippen LogP contribution in [0.15, 0.2) is 46.8 Å². The number of carboxylic acid groups (broad SMARTS) is 1. The summed E-state index contributed by atoms with van der Waals surface area (Å²) in [6, 6.07) is 8.28. The first-order valence-electron chi connectivity index (χ1n) is 11.7. The van der Waals surface area contributed by atoms with E-state index in [0.29, 0.717) is 22.2 Å². The third-order valence-electron chi connectivity index (χ3n) is 6.97. The first-order valence-corrected chi connectivity index (χ1v) is 14.0. The fourth-order valence-electron chi connectivity index (χ4n) is 4.68. The molecular formula is C25H24F4N2O6S2. The number of thiazole rings is 1. The first-order chi connectivity index (χ1) is 18.3. The number of nitrogens with one attached hydrogen (secondary N) is 1. The second-order valence-electron chi connectivity index (χ2n) is 9.27. The lowest BCUT2D eigenvalue weighted by Crippen LogP contribution is -2.39. The van der Waals surface area contributed by atoms with Gasteiger partial charge in [0.25, 0.3) is 10.0 Å². The summed E-state index contributed by atoms with van der Waals surface area (Å²) in [4.78, 5) is 15.3. The van der Waals surface area contributed by atoms with Gasteiger partial charge in [-0.05, 0) is 37.3 Å². The highest BCUT2D eigenvalue weighted by molar-refractivity contribution is 7.92. The monoisotopic (exact) mass is 588 g/mol. The zero-order valence-corrected chi connectivity index (χ0v) is 22.1. The molecule has 0 aliphatic heterocycles. The molecule has 0 amide bonds. The Morgan fingerprint density at radius 1 is 1.21 bits per heavy atom. The zero-order chi connectivity index (χ0) is 28.6. The predicted octanol–water partition coefficient (Wildman–Crippen LogP) is 5.44. The van der Waals surface area contributed by atoms with Gasteiger partial charge in [-0.25, -0.2) is 14.2 Å². The number of alkyl halides is 3. The minimum absolute atomic E-state index is 0.0692. The van der Waals surface area contributed by atoms with Gasteiger partial charge in [-0.3, -0.25) is 4.72 Å². The Labute approximate surface area is 225 Å². The van der Waals surface area contributed by atoms with E-state index in [1.807, 2.05) is 0 Å². The van der Waals surface area contributed by atoms with Gasteiger partial charge in [0.15, 0.2) is 5.03 Å². The largest absolute Gasteiger partial charge is 0.495 e. The summed E-state index contributed by atoms with van der Waals surface area (Å²) in [6.45, 7) is -0.292. The molecule has 14 heteroatoms. The standard InChI is InChI=1S/C25H24F4N2O6S2/c1-37-20-10-17(23(33)34)18(26)11-19(20)31-39(35,36)21-12-38-22(30-21)14-2-4-15(5-3-14)24(13-32)8-6-16(7-9-24)25(27,28)29/h2-5,10-12,16,31-32H,6-9,13H2,1H3,(H,33,34)/t16-,24-. The van der Waals surface area contributed by atoms with Crippen LogP contribution in [0.25, 0.3) is 10.6 Å². The Morgan fingerprint density at radius 2 is 1.85 bits per heavy atom. The number of anilines is 1. The molecule has 1 heterocycles. The molecule has 1 aromatic heterocycles. The molecule has 4 rings (SSSR count). The van der Waals surface area contributed by atoms with Crippen LogP contribution in [-0.2, 0) is 15.4 Å². The highest BCUT2D eigenvalue weighted by Gasteiger charge is 2.46. The molecule has 1 aliphatic carbocycles. The lowest BCUT2D eigenvalue weighted by atomic mass is 9.67. The number of sulfonamides is 1. The van der Waals surface area contributed by atoms with Gasteiger partial charge in [0.05, 0.1) is 30.9 Å². The first kappa shape index (κ1) is 28.8. The van der Waals surface area contributed by atoms with Crippen molar-refractivity contribution in [2.45, 2.75) is 42.3 Å². The number of benzene rings is 2. The van der Waals surface area contributed by atoms with E-state index < -0.39 is 44.9 Å². The van der Waals surface area contributed by atoms with Crippen molar-refractivity contribution in [3.63, 3.8) is 0 Å². The van der Waals surface area contributed by atoms with E-state index in [2.05, 4.69) is 9.71 Å². The molecule has 0 atom stereocenters. The quantitative estimate of drug-likeness (QED) is 0.299. The van der Waals surface area contributed by atoms with Crippen molar-refractivity contribution in [2.75, 3.05) is 18.4 Å². The Morgan fingerprint density at radius 3 is 2.38 bits per heavy atom. The highest BCUT2D eigenvalue weighted by Crippen LogP contribution is 2.46. The summed E-state index contributed by atoms with van der Waals surface area (Å²) in [5, 5.41) is 20.4. The molecule has 39 heavy (non-hydrogen) atoms. The number of aliphatic hydroxyl groups excluding tert-OH is 1. The molecule has 210 valence electrons. The van der Waals surface area contributed by atoms with Crippen LogP contribution in [0.4, 0.5) is 23.2 Å². The summed E-state index contributed by atoms with van der Waals surface area (Å²) in [6.07, 6.45) is -4.02.